The van der Waals surface area contributed by atoms with Crippen molar-refractivity contribution in [1.82, 2.24) is 0 Å². The normalized spacial score (nSPS) is 22.5. The first-order valence-corrected chi connectivity index (χ1v) is 5.64. The van der Waals surface area contributed by atoms with Crippen LogP contribution in [0.4, 0.5) is 0 Å². The fourth-order valence-electron chi connectivity index (χ4n) is 2.26. The Morgan fingerprint density at radius 2 is 2.07 bits per heavy atom. The van der Waals surface area contributed by atoms with E-state index in [1.807, 2.05) is 0 Å². The van der Waals surface area contributed by atoms with Gasteiger partial charge in [-0.05, 0) is 31.1 Å². The lowest BCUT2D eigenvalue weighted by Gasteiger charge is -2.25. The summed E-state index contributed by atoms with van der Waals surface area (Å²) in [6, 6.07) is 0. The Bertz CT molecular complexity index is 155. The highest BCUT2D eigenvalue weighted by molar-refractivity contribution is 4.80. The van der Waals surface area contributed by atoms with Gasteiger partial charge in [-0.25, -0.2) is 0 Å². The van der Waals surface area contributed by atoms with Crippen molar-refractivity contribution in [2.24, 2.45) is 11.1 Å². The van der Waals surface area contributed by atoms with Crippen LogP contribution in [0.1, 0.15) is 45.4 Å². The summed E-state index contributed by atoms with van der Waals surface area (Å²) >= 11 is 0. The van der Waals surface area contributed by atoms with Crippen LogP contribution in [0.25, 0.3) is 0 Å². The summed E-state index contributed by atoms with van der Waals surface area (Å²) in [5, 5.41) is 8.57. The highest BCUT2D eigenvalue weighted by Gasteiger charge is 2.28. The van der Waals surface area contributed by atoms with Crippen LogP contribution in [0.5, 0.6) is 0 Å². The van der Waals surface area contributed by atoms with Gasteiger partial charge < -0.3 is 15.6 Å². The Morgan fingerprint density at radius 3 is 2.64 bits per heavy atom. The summed E-state index contributed by atoms with van der Waals surface area (Å²) in [4.78, 5) is 0. The van der Waals surface area contributed by atoms with Crippen LogP contribution in [0.3, 0.4) is 0 Å². The fourth-order valence-corrected chi connectivity index (χ4v) is 2.26. The fraction of sp³-hybridized carbons (Fsp3) is 1.00. The molecule has 0 aromatic heterocycles. The largest absolute Gasteiger partial charge is 0.394 e. The Hall–Kier alpha value is -0.120. The second-order valence-electron chi connectivity index (χ2n) is 4.69. The second-order valence-corrected chi connectivity index (χ2v) is 4.69. The first kappa shape index (κ1) is 12.0. The summed E-state index contributed by atoms with van der Waals surface area (Å²) in [6.45, 7) is 2.77. The van der Waals surface area contributed by atoms with Crippen LogP contribution >= 0.6 is 0 Å². The quantitative estimate of drug-likeness (QED) is 0.642. The summed E-state index contributed by atoms with van der Waals surface area (Å²) in [5.41, 5.74) is 6.26. The Morgan fingerprint density at radius 1 is 1.43 bits per heavy atom. The van der Waals surface area contributed by atoms with E-state index in [1.54, 1.807) is 0 Å². The lowest BCUT2D eigenvalue weighted by Crippen LogP contribution is -2.27. The highest BCUT2D eigenvalue weighted by atomic mass is 16.5. The van der Waals surface area contributed by atoms with Crippen molar-refractivity contribution in [3.05, 3.63) is 0 Å². The molecule has 1 rings (SSSR count). The first-order valence-electron chi connectivity index (χ1n) is 5.64. The number of rotatable bonds is 6. The van der Waals surface area contributed by atoms with E-state index in [2.05, 4.69) is 6.92 Å². The topological polar surface area (TPSA) is 55.5 Å². The van der Waals surface area contributed by atoms with Crippen LogP contribution in [0.15, 0.2) is 0 Å². The summed E-state index contributed by atoms with van der Waals surface area (Å²) < 4.78 is 5.22. The van der Waals surface area contributed by atoms with Crippen molar-refractivity contribution >= 4 is 0 Å². The Kier molecular flexibility index (Phi) is 4.85. The predicted octanol–water partition coefficient (Wildman–Crippen LogP) is 1.64. The third-order valence-corrected chi connectivity index (χ3v) is 3.27. The smallest absolute Gasteiger partial charge is 0.105 e. The molecule has 0 heterocycles. The standard InChI is InChI=1S/C11H23NO2/c1-11(5-2-3-6-11)7-4-10(12)14-9-8-13/h10,13H,2-9,12H2,1H3. The van der Waals surface area contributed by atoms with Crippen molar-refractivity contribution in [2.75, 3.05) is 13.2 Å². The molecule has 84 valence electrons. The van der Waals surface area contributed by atoms with Crippen LogP contribution in [0.2, 0.25) is 0 Å². The molecule has 1 atom stereocenters. The zero-order valence-corrected chi connectivity index (χ0v) is 9.17. The van der Waals surface area contributed by atoms with Gasteiger partial charge in [-0.3, -0.25) is 0 Å². The highest BCUT2D eigenvalue weighted by Crippen LogP contribution is 2.41. The number of aliphatic hydroxyl groups is 1. The SMILES string of the molecule is CC1(CCC(N)OCCO)CCCC1. The van der Waals surface area contributed by atoms with Crippen molar-refractivity contribution in [2.45, 2.75) is 51.7 Å². The van der Waals surface area contributed by atoms with E-state index >= 15 is 0 Å². The molecule has 1 fully saturated rings. The first-order chi connectivity index (χ1) is 6.66. The van der Waals surface area contributed by atoms with Gasteiger partial charge in [0.15, 0.2) is 0 Å². The van der Waals surface area contributed by atoms with Crippen molar-refractivity contribution in [3.63, 3.8) is 0 Å². The molecule has 0 bridgehead atoms. The van der Waals surface area contributed by atoms with Gasteiger partial charge in [0.2, 0.25) is 0 Å². The Balaban J connectivity index is 2.12. The third-order valence-electron chi connectivity index (χ3n) is 3.27. The maximum atomic E-state index is 8.57. The molecule has 3 N–H and O–H groups in total. The van der Waals surface area contributed by atoms with E-state index in [0.717, 1.165) is 12.8 Å². The molecule has 1 saturated carbocycles. The molecule has 1 aliphatic carbocycles. The maximum Gasteiger partial charge on any atom is 0.105 e. The van der Waals surface area contributed by atoms with Crippen molar-refractivity contribution in [1.29, 1.82) is 0 Å². The van der Waals surface area contributed by atoms with Crippen LogP contribution in [0, 0.1) is 5.41 Å². The van der Waals surface area contributed by atoms with Gasteiger partial charge in [0.05, 0.1) is 13.2 Å². The number of hydrogen-bond donors (Lipinski definition) is 2. The van der Waals surface area contributed by atoms with E-state index < -0.39 is 0 Å². The maximum absolute atomic E-state index is 8.57. The summed E-state index contributed by atoms with van der Waals surface area (Å²) in [5.74, 6) is 0. The van der Waals surface area contributed by atoms with E-state index in [1.165, 1.54) is 25.7 Å². The molecule has 0 aromatic rings. The molecule has 0 saturated heterocycles. The van der Waals surface area contributed by atoms with Gasteiger partial charge in [-0.2, -0.15) is 0 Å². The van der Waals surface area contributed by atoms with E-state index in [9.17, 15) is 0 Å². The van der Waals surface area contributed by atoms with Gasteiger partial charge in [0.1, 0.15) is 6.23 Å². The zero-order chi connectivity index (χ0) is 10.4. The zero-order valence-electron chi connectivity index (χ0n) is 9.17. The van der Waals surface area contributed by atoms with Gasteiger partial charge in [-0.1, -0.05) is 19.8 Å². The predicted molar refractivity (Wildman–Crippen MR) is 56.8 cm³/mol. The van der Waals surface area contributed by atoms with E-state index in [4.69, 9.17) is 15.6 Å². The van der Waals surface area contributed by atoms with Gasteiger partial charge in [0, 0.05) is 0 Å². The molecular formula is C11H23NO2. The number of nitrogens with two attached hydrogens (primary N) is 1. The second kappa shape index (κ2) is 5.69. The average Bonchev–Trinajstić information content (AvgIpc) is 2.60. The molecule has 14 heavy (non-hydrogen) atoms. The molecule has 1 unspecified atom stereocenters. The third kappa shape index (κ3) is 3.95. The molecule has 0 aromatic carbocycles. The van der Waals surface area contributed by atoms with Crippen LogP contribution < -0.4 is 5.73 Å². The molecule has 0 spiro atoms. The lowest BCUT2D eigenvalue weighted by molar-refractivity contribution is 0.0206. The van der Waals surface area contributed by atoms with Crippen LogP contribution in [-0.2, 0) is 4.74 Å². The minimum atomic E-state index is -0.195. The minimum Gasteiger partial charge on any atom is -0.394 e. The average molecular weight is 201 g/mol. The number of hydrogen-bond acceptors (Lipinski definition) is 3. The monoisotopic (exact) mass is 201 g/mol. The molecule has 3 nitrogen and oxygen atoms in total. The van der Waals surface area contributed by atoms with Crippen molar-refractivity contribution in [3.8, 4) is 0 Å². The number of ether oxygens (including phenoxy) is 1. The summed E-state index contributed by atoms with van der Waals surface area (Å²) in [7, 11) is 0. The van der Waals surface area contributed by atoms with Gasteiger partial charge in [0.25, 0.3) is 0 Å². The van der Waals surface area contributed by atoms with Gasteiger partial charge in [-0.15, -0.1) is 0 Å². The minimum absolute atomic E-state index is 0.0605. The van der Waals surface area contributed by atoms with E-state index in [0.29, 0.717) is 12.0 Å². The van der Waals surface area contributed by atoms with Crippen molar-refractivity contribution < 1.29 is 9.84 Å². The molecule has 3 heteroatoms. The van der Waals surface area contributed by atoms with Crippen LogP contribution in [-0.4, -0.2) is 24.5 Å². The van der Waals surface area contributed by atoms with E-state index in [-0.39, 0.29) is 12.8 Å². The molecule has 0 aliphatic heterocycles. The molecular weight excluding hydrogens is 178 g/mol. The van der Waals surface area contributed by atoms with Gasteiger partial charge >= 0.3 is 0 Å². The summed E-state index contributed by atoms with van der Waals surface area (Å²) in [6.07, 6.45) is 7.27. The molecule has 0 amide bonds. The molecule has 1 aliphatic rings. The molecule has 0 radical (unpaired) electrons. The Labute approximate surface area is 86.6 Å². The number of aliphatic hydroxyl groups excluding tert-OH is 1. The lowest BCUT2D eigenvalue weighted by atomic mass is 9.84.